The van der Waals surface area contributed by atoms with Crippen molar-refractivity contribution in [3.63, 3.8) is 0 Å². The molecule has 2 amide bonds. The number of carbonyl (C=O) groups excluding carboxylic acids is 2. The van der Waals surface area contributed by atoms with E-state index in [-0.39, 0.29) is 24.1 Å². The van der Waals surface area contributed by atoms with E-state index in [2.05, 4.69) is 15.3 Å². The Morgan fingerprint density at radius 3 is 2.24 bits per heavy atom. The molecule has 0 bridgehead atoms. The third-order valence-electron chi connectivity index (χ3n) is 6.83. The zero-order valence-electron chi connectivity index (χ0n) is 24.9. The van der Waals surface area contributed by atoms with Gasteiger partial charge in [-0.2, -0.15) is 0 Å². The minimum Gasteiger partial charge on any atom is -0.497 e. The van der Waals surface area contributed by atoms with Gasteiger partial charge in [0.1, 0.15) is 11.8 Å². The van der Waals surface area contributed by atoms with Crippen LogP contribution in [0.4, 0.5) is 11.4 Å². The van der Waals surface area contributed by atoms with Crippen molar-refractivity contribution in [1.29, 1.82) is 0 Å². The third kappa shape index (κ3) is 7.88. The molecule has 9 heteroatoms. The van der Waals surface area contributed by atoms with Gasteiger partial charge in [0, 0.05) is 43.4 Å². The number of thioether (sulfide) groups is 1. The summed E-state index contributed by atoms with van der Waals surface area (Å²) in [4.78, 5) is 40.8. The number of methoxy groups -OCH3 is 1. The number of ether oxygens (including phenoxy) is 1. The molecular formula is C33H37N5O3S. The lowest BCUT2D eigenvalue weighted by molar-refractivity contribution is -0.137. The Morgan fingerprint density at radius 2 is 1.60 bits per heavy atom. The molecule has 0 aliphatic rings. The lowest BCUT2D eigenvalue weighted by atomic mass is 10.0. The fourth-order valence-corrected chi connectivity index (χ4v) is 5.44. The Balaban J connectivity index is 1.73. The van der Waals surface area contributed by atoms with Crippen LogP contribution in [-0.2, 0) is 16.1 Å². The summed E-state index contributed by atoms with van der Waals surface area (Å²) < 4.78 is 5.48. The average Bonchev–Trinajstić information content (AvgIpc) is 2.96. The molecule has 1 heterocycles. The summed E-state index contributed by atoms with van der Waals surface area (Å²) in [6.45, 7) is 6.05. The summed E-state index contributed by atoms with van der Waals surface area (Å²) in [5, 5.41) is 3.57. The SMILES string of the molecule is COc1cccc(C(C(=O)Nc2ccc(N(C)C)cc2)N(Cc2ccccc2C)C(=O)CSc2nc(C)cc(C)n2)c1. The molecule has 1 unspecified atom stereocenters. The van der Waals surface area contributed by atoms with Crippen molar-refractivity contribution < 1.29 is 14.3 Å². The number of nitrogens with zero attached hydrogens (tertiary/aromatic N) is 4. The van der Waals surface area contributed by atoms with E-state index in [9.17, 15) is 9.59 Å². The minimum atomic E-state index is -0.929. The van der Waals surface area contributed by atoms with Gasteiger partial charge >= 0.3 is 0 Å². The van der Waals surface area contributed by atoms with Crippen molar-refractivity contribution in [2.24, 2.45) is 0 Å². The molecule has 0 fully saturated rings. The number of anilines is 2. The Hall–Kier alpha value is -4.37. The summed E-state index contributed by atoms with van der Waals surface area (Å²) >= 11 is 1.27. The number of nitrogens with one attached hydrogen (secondary N) is 1. The van der Waals surface area contributed by atoms with Crippen LogP contribution in [0.15, 0.2) is 84.0 Å². The Kier molecular flexibility index (Phi) is 10.2. The van der Waals surface area contributed by atoms with Crippen LogP contribution >= 0.6 is 11.8 Å². The average molecular weight is 584 g/mol. The monoisotopic (exact) mass is 583 g/mol. The fraction of sp³-hybridized carbons (Fsp3) is 0.273. The first-order chi connectivity index (χ1) is 20.1. The second-order valence-corrected chi connectivity index (χ2v) is 11.2. The van der Waals surface area contributed by atoms with Crippen LogP contribution in [-0.4, -0.2) is 53.6 Å². The topological polar surface area (TPSA) is 87.7 Å². The smallest absolute Gasteiger partial charge is 0.251 e. The molecule has 0 aliphatic carbocycles. The molecule has 218 valence electrons. The molecule has 0 radical (unpaired) electrons. The predicted molar refractivity (Wildman–Crippen MR) is 169 cm³/mol. The van der Waals surface area contributed by atoms with Crippen molar-refractivity contribution in [1.82, 2.24) is 14.9 Å². The number of hydrogen-bond donors (Lipinski definition) is 1. The van der Waals surface area contributed by atoms with E-state index in [0.29, 0.717) is 22.2 Å². The van der Waals surface area contributed by atoms with Crippen molar-refractivity contribution in [2.45, 2.75) is 38.5 Å². The zero-order chi connectivity index (χ0) is 30.2. The minimum absolute atomic E-state index is 0.0695. The van der Waals surface area contributed by atoms with Gasteiger partial charge in [-0.15, -0.1) is 0 Å². The maximum Gasteiger partial charge on any atom is 0.251 e. The zero-order valence-corrected chi connectivity index (χ0v) is 25.7. The van der Waals surface area contributed by atoms with Crippen LogP contribution < -0.4 is 15.0 Å². The highest BCUT2D eigenvalue weighted by molar-refractivity contribution is 7.99. The van der Waals surface area contributed by atoms with E-state index in [1.54, 1.807) is 18.1 Å². The highest BCUT2D eigenvalue weighted by Gasteiger charge is 2.32. The molecule has 4 aromatic rings. The molecule has 1 aromatic heterocycles. The van der Waals surface area contributed by atoms with Crippen LogP contribution in [0, 0.1) is 20.8 Å². The molecule has 1 atom stereocenters. The van der Waals surface area contributed by atoms with Crippen LogP contribution in [0.3, 0.4) is 0 Å². The van der Waals surface area contributed by atoms with E-state index in [0.717, 1.165) is 28.2 Å². The molecule has 8 nitrogen and oxygen atoms in total. The first kappa shape index (κ1) is 30.6. The number of aromatic nitrogens is 2. The van der Waals surface area contributed by atoms with Gasteiger partial charge in [0.25, 0.3) is 5.91 Å². The van der Waals surface area contributed by atoms with Gasteiger partial charge in [0.2, 0.25) is 5.91 Å². The van der Waals surface area contributed by atoms with Gasteiger partial charge in [-0.1, -0.05) is 48.2 Å². The van der Waals surface area contributed by atoms with E-state index in [1.165, 1.54) is 11.8 Å². The van der Waals surface area contributed by atoms with Crippen molar-refractivity contribution >= 4 is 35.0 Å². The largest absolute Gasteiger partial charge is 0.497 e. The number of carbonyl (C=O) groups is 2. The molecule has 0 saturated carbocycles. The highest BCUT2D eigenvalue weighted by atomic mass is 32.2. The molecule has 0 saturated heterocycles. The Bertz CT molecular complexity index is 1520. The first-order valence-electron chi connectivity index (χ1n) is 13.7. The Labute approximate surface area is 252 Å². The van der Waals surface area contributed by atoms with Crippen LogP contribution in [0.25, 0.3) is 0 Å². The molecule has 4 rings (SSSR count). The molecular weight excluding hydrogens is 546 g/mol. The lowest BCUT2D eigenvalue weighted by Gasteiger charge is -2.32. The number of benzene rings is 3. The second kappa shape index (κ2) is 14.0. The summed E-state index contributed by atoms with van der Waals surface area (Å²) in [7, 11) is 5.50. The summed E-state index contributed by atoms with van der Waals surface area (Å²) in [5.74, 6) is 0.134. The van der Waals surface area contributed by atoms with Crippen molar-refractivity contribution in [2.75, 3.05) is 37.2 Å². The summed E-state index contributed by atoms with van der Waals surface area (Å²) in [5.41, 5.74) is 5.95. The summed E-state index contributed by atoms with van der Waals surface area (Å²) in [6, 6.07) is 23.7. The van der Waals surface area contributed by atoms with Gasteiger partial charge in [0.05, 0.1) is 12.9 Å². The summed E-state index contributed by atoms with van der Waals surface area (Å²) in [6.07, 6.45) is 0. The third-order valence-corrected chi connectivity index (χ3v) is 7.66. The van der Waals surface area contributed by atoms with Gasteiger partial charge in [-0.3, -0.25) is 9.59 Å². The predicted octanol–water partition coefficient (Wildman–Crippen LogP) is 5.98. The highest BCUT2D eigenvalue weighted by Crippen LogP contribution is 2.30. The van der Waals surface area contributed by atoms with Crippen molar-refractivity contribution in [3.8, 4) is 5.75 Å². The Morgan fingerprint density at radius 1 is 0.905 bits per heavy atom. The molecule has 42 heavy (non-hydrogen) atoms. The molecule has 0 spiro atoms. The number of aryl methyl sites for hydroxylation is 3. The number of amides is 2. The van der Waals surface area contributed by atoms with Gasteiger partial charge in [0.15, 0.2) is 5.16 Å². The maximum absolute atomic E-state index is 14.1. The quantitative estimate of drug-likeness (QED) is 0.172. The number of hydrogen-bond acceptors (Lipinski definition) is 7. The van der Waals surface area contributed by atoms with Gasteiger partial charge in [-0.25, -0.2) is 9.97 Å². The maximum atomic E-state index is 14.1. The standard InChI is InChI=1S/C33H37N5O3S/c1-22-10-7-8-11-26(22)20-38(30(39)21-42-33-34-23(2)18-24(3)35-33)31(25-12-9-13-29(19-25)41-6)32(40)36-27-14-16-28(17-15-27)37(4)5/h7-19,31H,20-21H2,1-6H3,(H,36,40). The first-order valence-corrected chi connectivity index (χ1v) is 14.6. The van der Waals surface area contributed by atoms with E-state index < -0.39 is 6.04 Å². The second-order valence-electron chi connectivity index (χ2n) is 10.3. The fourth-order valence-electron chi connectivity index (χ4n) is 4.60. The van der Waals surface area contributed by atoms with E-state index in [1.807, 2.05) is 113 Å². The molecule has 1 N–H and O–H groups in total. The van der Waals surface area contributed by atoms with Gasteiger partial charge < -0.3 is 19.9 Å². The van der Waals surface area contributed by atoms with Gasteiger partial charge in [-0.05, 0) is 79.9 Å². The van der Waals surface area contributed by atoms with Crippen LogP contribution in [0.5, 0.6) is 5.75 Å². The normalized spacial score (nSPS) is 11.5. The number of rotatable bonds is 11. The van der Waals surface area contributed by atoms with Crippen molar-refractivity contribution in [3.05, 3.63) is 107 Å². The molecule has 3 aromatic carbocycles. The van der Waals surface area contributed by atoms with E-state index >= 15 is 0 Å². The molecule has 0 aliphatic heterocycles. The lowest BCUT2D eigenvalue weighted by Crippen LogP contribution is -2.42. The van der Waals surface area contributed by atoms with Crippen LogP contribution in [0.1, 0.15) is 34.1 Å². The van der Waals surface area contributed by atoms with Crippen LogP contribution in [0.2, 0.25) is 0 Å². The van der Waals surface area contributed by atoms with E-state index in [4.69, 9.17) is 4.74 Å².